The summed E-state index contributed by atoms with van der Waals surface area (Å²) in [6.45, 7) is -0.434. The van der Waals surface area contributed by atoms with Gasteiger partial charge in [0.25, 0.3) is 0 Å². The summed E-state index contributed by atoms with van der Waals surface area (Å²) in [5.41, 5.74) is 1.61. The monoisotopic (exact) mass is 387 g/mol. The molecule has 0 saturated carbocycles. The maximum atomic E-state index is 10.2. The number of imidazole rings is 1. The van der Waals surface area contributed by atoms with Gasteiger partial charge < -0.3 is 35.4 Å². The van der Waals surface area contributed by atoms with E-state index in [2.05, 4.69) is 20.3 Å². The Kier molecular flexibility index (Phi) is 4.97. The summed E-state index contributed by atoms with van der Waals surface area (Å²) >= 11 is 0. The molecule has 1 aromatic carbocycles. The number of nitrogens with zero attached hydrogens (tertiary/aromatic N) is 4. The molecule has 28 heavy (non-hydrogen) atoms. The standard InChI is InChI=1S/C16H18BN5O6/c23-5-10-12(24)13(25)16(28-10)22-7-20-11-14(18-6-19-15(11)22)21-9-3-1-2-8(4-9)17(26)27/h1-4,6-7,10,12-13,16,23-27H,5H2,(H,18,19,21)/t10-,12-,13-,16?/m1/s1. The van der Waals surface area contributed by atoms with Gasteiger partial charge in [-0.1, -0.05) is 12.1 Å². The predicted molar refractivity (Wildman–Crippen MR) is 97.9 cm³/mol. The minimum absolute atomic E-state index is 0.312. The summed E-state index contributed by atoms with van der Waals surface area (Å²) in [5.74, 6) is 0.361. The van der Waals surface area contributed by atoms with Crippen LogP contribution in [0.15, 0.2) is 36.9 Å². The van der Waals surface area contributed by atoms with E-state index in [1.54, 1.807) is 24.3 Å². The van der Waals surface area contributed by atoms with Gasteiger partial charge in [-0.2, -0.15) is 0 Å². The van der Waals surface area contributed by atoms with Crippen LogP contribution >= 0.6 is 0 Å². The molecule has 0 amide bonds. The fraction of sp³-hybridized carbons (Fsp3) is 0.312. The molecule has 4 rings (SSSR count). The highest BCUT2D eigenvalue weighted by atomic mass is 16.6. The number of aliphatic hydroxyl groups is 3. The van der Waals surface area contributed by atoms with Gasteiger partial charge in [-0.15, -0.1) is 0 Å². The second kappa shape index (κ2) is 7.43. The lowest BCUT2D eigenvalue weighted by Crippen LogP contribution is -2.33. The van der Waals surface area contributed by atoms with Crippen molar-refractivity contribution in [2.75, 3.05) is 11.9 Å². The van der Waals surface area contributed by atoms with E-state index in [1.807, 2.05) is 0 Å². The van der Waals surface area contributed by atoms with Gasteiger partial charge in [-0.25, -0.2) is 15.0 Å². The largest absolute Gasteiger partial charge is 0.488 e. The van der Waals surface area contributed by atoms with Crippen molar-refractivity contribution in [2.45, 2.75) is 24.5 Å². The first kappa shape index (κ1) is 18.7. The van der Waals surface area contributed by atoms with Crippen molar-refractivity contribution in [1.82, 2.24) is 19.5 Å². The summed E-state index contributed by atoms with van der Waals surface area (Å²) in [6.07, 6.45) is -1.67. The van der Waals surface area contributed by atoms with Gasteiger partial charge in [0.05, 0.1) is 12.9 Å². The summed E-state index contributed by atoms with van der Waals surface area (Å²) in [6, 6.07) is 6.51. The van der Waals surface area contributed by atoms with Gasteiger partial charge in [0, 0.05) is 5.69 Å². The Morgan fingerprint density at radius 1 is 1.14 bits per heavy atom. The van der Waals surface area contributed by atoms with Crippen LogP contribution in [0.2, 0.25) is 0 Å². The second-order valence-corrected chi connectivity index (χ2v) is 6.40. The zero-order chi connectivity index (χ0) is 19.8. The fourth-order valence-electron chi connectivity index (χ4n) is 3.15. The Bertz CT molecular complexity index is 985. The van der Waals surface area contributed by atoms with Crippen LogP contribution in [0, 0.1) is 0 Å². The first-order valence-electron chi connectivity index (χ1n) is 8.52. The minimum atomic E-state index is -1.60. The van der Waals surface area contributed by atoms with E-state index in [-0.39, 0.29) is 0 Å². The van der Waals surface area contributed by atoms with Crippen molar-refractivity contribution < 1.29 is 30.1 Å². The van der Waals surface area contributed by atoms with Gasteiger partial charge in [-0.3, -0.25) is 4.57 Å². The van der Waals surface area contributed by atoms with Crippen LogP contribution in [0.4, 0.5) is 11.5 Å². The Labute approximate surface area is 159 Å². The molecule has 0 spiro atoms. The van der Waals surface area contributed by atoms with Crippen molar-refractivity contribution in [2.24, 2.45) is 0 Å². The zero-order valence-electron chi connectivity index (χ0n) is 14.5. The van der Waals surface area contributed by atoms with Crippen molar-refractivity contribution in [1.29, 1.82) is 0 Å². The van der Waals surface area contributed by atoms with Crippen LogP contribution in [0.25, 0.3) is 11.2 Å². The van der Waals surface area contributed by atoms with E-state index in [1.165, 1.54) is 17.2 Å². The number of ether oxygens (including phenoxy) is 1. The summed E-state index contributed by atoms with van der Waals surface area (Å²) < 4.78 is 6.98. The number of aliphatic hydroxyl groups excluding tert-OH is 3. The molecular weight excluding hydrogens is 369 g/mol. The molecule has 1 unspecified atom stereocenters. The molecule has 0 radical (unpaired) electrons. The zero-order valence-corrected chi connectivity index (χ0v) is 14.5. The number of anilines is 2. The topological polar surface area (TPSA) is 166 Å². The van der Waals surface area contributed by atoms with E-state index >= 15 is 0 Å². The number of hydrogen-bond acceptors (Lipinski definition) is 10. The number of aromatic nitrogens is 4. The van der Waals surface area contributed by atoms with E-state index in [9.17, 15) is 25.4 Å². The van der Waals surface area contributed by atoms with E-state index in [0.29, 0.717) is 28.1 Å². The summed E-state index contributed by atoms with van der Waals surface area (Å²) in [7, 11) is -1.60. The molecule has 0 bridgehead atoms. The highest BCUT2D eigenvalue weighted by Gasteiger charge is 2.44. The lowest BCUT2D eigenvalue weighted by molar-refractivity contribution is -0.0511. The van der Waals surface area contributed by atoms with E-state index in [4.69, 9.17) is 4.74 Å². The molecule has 1 aliphatic rings. The summed E-state index contributed by atoms with van der Waals surface area (Å²) in [5, 5.41) is 51.1. The molecule has 1 fully saturated rings. The molecule has 146 valence electrons. The lowest BCUT2D eigenvalue weighted by atomic mass is 9.80. The van der Waals surface area contributed by atoms with Crippen LogP contribution in [0.1, 0.15) is 6.23 Å². The number of hydrogen-bond donors (Lipinski definition) is 6. The SMILES string of the molecule is OC[C@H]1OC(n2cnc3c(Nc4cccc(B(O)O)c4)ncnc32)[C@H](O)[C@@H]1O. The molecule has 4 atom stereocenters. The van der Waals surface area contributed by atoms with Crippen molar-refractivity contribution in [3.8, 4) is 0 Å². The van der Waals surface area contributed by atoms with Gasteiger partial charge in [0.1, 0.15) is 24.6 Å². The van der Waals surface area contributed by atoms with Crippen molar-refractivity contribution in [3.63, 3.8) is 0 Å². The van der Waals surface area contributed by atoms with Gasteiger partial charge >= 0.3 is 7.12 Å². The molecule has 1 aliphatic heterocycles. The Balaban J connectivity index is 1.67. The molecular formula is C16H18BN5O6. The Morgan fingerprint density at radius 2 is 1.96 bits per heavy atom. The Hall–Kier alpha value is -2.61. The third-order valence-electron chi connectivity index (χ3n) is 4.60. The molecule has 1 saturated heterocycles. The molecule has 3 aromatic rings. The maximum absolute atomic E-state index is 10.2. The number of benzene rings is 1. The van der Waals surface area contributed by atoms with Crippen LogP contribution in [0.3, 0.4) is 0 Å². The molecule has 0 aliphatic carbocycles. The number of rotatable bonds is 5. The molecule has 11 nitrogen and oxygen atoms in total. The highest BCUT2D eigenvalue weighted by Crippen LogP contribution is 2.32. The van der Waals surface area contributed by atoms with Crippen LogP contribution in [-0.4, -0.2) is 76.9 Å². The molecule has 3 heterocycles. The number of fused-ring (bicyclic) bond motifs is 1. The predicted octanol–water partition coefficient (Wildman–Crippen LogP) is -2.14. The van der Waals surface area contributed by atoms with E-state index < -0.39 is 38.3 Å². The number of nitrogens with one attached hydrogen (secondary N) is 1. The van der Waals surface area contributed by atoms with Crippen molar-refractivity contribution in [3.05, 3.63) is 36.9 Å². The second-order valence-electron chi connectivity index (χ2n) is 6.40. The maximum Gasteiger partial charge on any atom is 0.488 e. The third kappa shape index (κ3) is 3.22. The van der Waals surface area contributed by atoms with E-state index in [0.717, 1.165) is 0 Å². The molecule has 2 aromatic heterocycles. The normalized spacial score (nSPS) is 24.6. The molecule has 12 heteroatoms. The third-order valence-corrected chi connectivity index (χ3v) is 4.60. The average molecular weight is 387 g/mol. The smallest absolute Gasteiger partial charge is 0.423 e. The van der Waals surface area contributed by atoms with Gasteiger partial charge in [0.15, 0.2) is 23.2 Å². The minimum Gasteiger partial charge on any atom is -0.423 e. The van der Waals surface area contributed by atoms with Crippen LogP contribution < -0.4 is 10.8 Å². The quantitative estimate of drug-likeness (QED) is 0.266. The first-order chi connectivity index (χ1) is 13.5. The molecule has 6 N–H and O–H groups in total. The van der Waals surface area contributed by atoms with Crippen LogP contribution in [0.5, 0.6) is 0 Å². The lowest BCUT2D eigenvalue weighted by Gasteiger charge is -2.16. The van der Waals surface area contributed by atoms with Gasteiger partial charge in [0.2, 0.25) is 0 Å². The fourth-order valence-corrected chi connectivity index (χ4v) is 3.15. The van der Waals surface area contributed by atoms with Crippen LogP contribution in [-0.2, 0) is 4.74 Å². The van der Waals surface area contributed by atoms with Crippen molar-refractivity contribution >= 4 is 35.3 Å². The summed E-state index contributed by atoms with van der Waals surface area (Å²) in [4.78, 5) is 12.6. The highest BCUT2D eigenvalue weighted by molar-refractivity contribution is 6.58. The van der Waals surface area contributed by atoms with Gasteiger partial charge in [-0.05, 0) is 17.6 Å². The Morgan fingerprint density at radius 3 is 2.68 bits per heavy atom. The first-order valence-corrected chi connectivity index (χ1v) is 8.52. The average Bonchev–Trinajstić information content (AvgIpc) is 3.24.